The Morgan fingerprint density at radius 2 is 1.95 bits per heavy atom. The maximum atomic E-state index is 13.3. The number of aliphatic imine (C=N–C) groups is 1. The minimum atomic E-state index is -0.0561. The zero-order chi connectivity index (χ0) is 27.9. The Kier molecular flexibility index (Phi) is 9.35. The molecule has 1 aromatic carbocycles. The second-order valence-corrected chi connectivity index (χ2v) is 9.68. The van der Waals surface area contributed by atoms with Gasteiger partial charge in [-0.2, -0.15) is 0 Å². The topological polar surface area (TPSA) is 107 Å². The Labute approximate surface area is 234 Å². The molecule has 5 rings (SSSR count). The first-order chi connectivity index (χ1) is 19.0. The summed E-state index contributed by atoms with van der Waals surface area (Å²) in [5, 5.41) is 4.52. The first-order valence-corrected chi connectivity index (χ1v) is 14.0. The number of aromatic amines is 1. The third-order valence-electron chi connectivity index (χ3n) is 6.93. The molecule has 3 aromatic rings. The molecule has 2 N–H and O–H groups in total. The fourth-order valence-electron chi connectivity index (χ4n) is 5.11. The number of hydrogen-bond donors (Lipinski definition) is 2. The number of likely N-dealkylation sites (tertiary alicyclic amines) is 2. The number of halogens is 1. The van der Waals surface area contributed by atoms with Crippen molar-refractivity contribution >= 4 is 57.9 Å². The molecule has 0 radical (unpaired) electrons. The van der Waals surface area contributed by atoms with Crippen LogP contribution in [0.5, 0.6) is 0 Å². The van der Waals surface area contributed by atoms with E-state index in [1.807, 2.05) is 55.7 Å². The lowest BCUT2D eigenvalue weighted by Gasteiger charge is -2.36. The zero-order valence-electron chi connectivity index (χ0n) is 23.0. The van der Waals surface area contributed by atoms with Gasteiger partial charge in [0.1, 0.15) is 5.69 Å². The number of aromatic nitrogens is 3. The van der Waals surface area contributed by atoms with E-state index in [4.69, 9.17) is 11.6 Å². The summed E-state index contributed by atoms with van der Waals surface area (Å²) in [5.74, 6) is 0.609. The van der Waals surface area contributed by atoms with Gasteiger partial charge in [0.2, 0.25) is 11.9 Å². The first kappa shape index (κ1) is 28.3. The Morgan fingerprint density at radius 1 is 1.18 bits per heavy atom. The Bertz CT molecular complexity index is 1390. The predicted molar refractivity (Wildman–Crippen MR) is 158 cm³/mol. The number of rotatable bonds is 6. The monoisotopic (exact) mass is 549 g/mol. The fraction of sp³-hybridized carbons (Fsp3) is 0.414. The van der Waals surface area contributed by atoms with E-state index in [9.17, 15) is 9.59 Å². The summed E-state index contributed by atoms with van der Waals surface area (Å²) in [5.41, 5.74) is 3.38. The van der Waals surface area contributed by atoms with Crippen molar-refractivity contribution in [1.29, 1.82) is 0 Å². The molecular formula is C29H36ClN7O2. The molecule has 0 saturated carbocycles. The van der Waals surface area contributed by atoms with Crippen LogP contribution in [0.25, 0.3) is 16.6 Å². The van der Waals surface area contributed by atoms with Crippen LogP contribution in [0.3, 0.4) is 0 Å². The van der Waals surface area contributed by atoms with Crippen molar-refractivity contribution in [3.63, 3.8) is 0 Å². The smallest absolute Gasteiger partial charge is 0.270 e. The molecule has 2 fully saturated rings. The van der Waals surface area contributed by atoms with Crippen molar-refractivity contribution in [2.24, 2.45) is 4.99 Å². The van der Waals surface area contributed by atoms with Gasteiger partial charge in [0.25, 0.3) is 5.91 Å². The standard InChI is InChI=1S/C27H30ClN7O2.C2H6/c1-3-21(29-4-2)22-7-10-30-27(33-22)31-18-14-17-15-23(32-25(17)20(28)16-18)26(37)34-12-8-19(9-13-34)35-11-5-6-24(35)36;1-2/h3-4,7,10,14-16,19,32H,5-6,8-9,11-13H2,1-2H3,(H,30,31,33);1-2H3/b21-3-,29-4?;. The number of hydrogen-bond acceptors (Lipinski definition) is 6. The van der Waals surface area contributed by atoms with Gasteiger partial charge < -0.3 is 20.1 Å². The number of anilines is 2. The van der Waals surface area contributed by atoms with Crippen LogP contribution in [0, 0.1) is 0 Å². The molecule has 10 heteroatoms. The van der Waals surface area contributed by atoms with Gasteiger partial charge in [-0.05, 0) is 57.4 Å². The van der Waals surface area contributed by atoms with Crippen LogP contribution in [-0.2, 0) is 4.79 Å². The number of carbonyl (C=O) groups is 2. The van der Waals surface area contributed by atoms with Gasteiger partial charge in [-0.15, -0.1) is 0 Å². The Hall–Kier alpha value is -3.72. The van der Waals surface area contributed by atoms with Gasteiger partial charge in [-0.3, -0.25) is 14.6 Å². The van der Waals surface area contributed by atoms with E-state index in [1.165, 1.54) is 0 Å². The quantitative estimate of drug-likeness (QED) is 0.363. The highest BCUT2D eigenvalue weighted by Crippen LogP contribution is 2.30. The number of H-pyrrole nitrogens is 1. The Morgan fingerprint density at radius 3 is 2.62 bits per heavy atom. The van der Waals surface area contributed by atoms with Crippen molar-refractivity contribution in [3.8, 4) is 0 Å². The molecule has 0 spiro atoms. The van der Waals surface area contributed by atoms with Crippen molar-refractivity contribution in [2.75, 3.05) is 25.0 Å². The third-order valence-corrected chi connectivity index (χ3v) is 7.23. The average molecular weight is 550 g/mol. The SMILES string of the molecule is CC.CC=N/C(=C\C)c1ccnc(Nc2cc(Cl)c3[nH]c(C(=O)N4CCC(N5CCCC5=O)CC4)cc3c2)n1. The summed E-state index contributed by atoms with van der Waals surface area (Å²) in [4.78, 5) is 45.6. The molecule has 0 atom stereocenters. The maximum Gasteiger partial charge on any atom is 0.270 e. The molecule has 2 aromatic heterocycles. The molecule has 0 unspecified atom stereocenters. The highest BCUT2D eigenvalue weighted by molar-refractivity contribution is 6.35. The van der Waals surface area contributed by atoms with Crippen molar-refractivity contribution < 1.29 is 9.59 Å². The van der Waals surface area contributed by atoms with Gasteiger partial charge in [0, 0.05) is 55.6 Å². The number of benzene rings is 1. The van der Waals surface area contributed by atoms with E-state index in [0.717, 1.165) is 36.9 Å². The summed E-state index contributed by atoms with van der Waals surface area (Å²) in [6.45, 7) is 9.87. The highest BCUT2D eigenvalue weighted by atomic mass is 35.5. The summed E-state index contributed by atoms with van der Waals surface area (Å²) >= 11 is 6.58. The van der Waals surface area contributed by atoms with Crippen LogP contribution in [0.15, 0.2) is 41.5 Å². The summed E-state index contributed by atoms with van der Waals surface area (Å²) < 4.78 is 0. The number of nitrogens with one attached hydrogen (secondary N) is 2. The molecule has 206 valence electrons. The van der Waals surface area contributed by atoms with Crippen molar-refractivity contribution in [1.82, 2.24) is 24.8 Å². The molecule has 2 amide bonds. The van der Waals surface area contributed by atoms with Crippen molar-refractivity contribution in [3.05, 3.63) is 52.9 Å². The Balaban J connectivity index is 0.00000172. The van der Waals surface area contributed by atoms with E-state index in [2.05, 4.69) is 25.3 Å². The van der Waals surface area contributed by atoms with Gasteiger partial charge in [-0.25, -0.2) is 9.97 Å². The molecule has 2 aliphatic rings. The van der Waals surface area contributed by atoms with E-state index in [-0.39, 0.29) is 17.9 Å². The average Bonchev–Trinajstić information content (AvgIpc) is 3.59. The van der Waals surface area contributed by atoms with Crippen LogP contribution in [0.1, 0.15) is 69.6 Å². The zero-order valence-corrected chi connectivity index (χ0v) is 23.8. The summed E-state index contributed by atoms with van der Waals surface area (Å²) in [6.07, 6.45) is 8.49. The number of piperidine rings is 1. The number of amides is 2. The molecule has 9 nitrogen and oxygen atoms in total. The van der Waals surface area contributed by atoms with Gasteiger partial charge in [0.15, 0.2) is 0 Å². The van der Waals surface area contributed by atoms with Gasteiger partial charge >= 0.3 is 0 Å². The predicted octanol–water partition coefficient (Wildman–Crippen LogP) is 6.06. The second-order valence-electron chi connectivity index (χ2n) is 9.27. The lowest BCUT2D eigenvalue weighted by atomic mass is 10.0. The van der Waals surface area contributed by atoms with E-state index in [1.54, 1.807) is 24.5 Å². The van der Waals surface area contributed by atoms with Crippen LogP contribution < -0.4 is 5.32 Å². The number of carbonyl (C=O) groups excluding carboxylic acids is 2. The highest BCUT2D eigenvalue weighted by Gasteiger charge is 2.32. The summed E-state index contributed by atoms with van der Waals surface area (Å²) in [6, 6.07) is 7.57. The number of allylic oxidation sites excluding steroid dienone is 1. The minimum Gasteiger partial charge on any atom is -0.349 e. The van der Waals surface area contributed by atoms with Crippen molar-refractivity contribution in [2.45, 2.75) is 59.4 Å². The molecular weight excluding hydrogens is 514 g/mol. The summed E-state index contributed by atoms with van der Waals surface area (Å²) in [7, 11) is 0. The van der Waals surface area contributed by atoms with Crippen LogP contribution >= 0.6 is 11.6 Å². The molecule has 0 bridgehead atoms. The normalized spacial score (nSPS) is 16.6. The van der Waals surface area contributed by atoms with Crippen LogP contribution in [0.2, 0.25) is 5.02 Å². The number of fused-ring (bicyclic) bond motifs is 1. The molecule has 39 heavy (non-hydrogen) atoms. The van der Waals surface area contributed by atoms with Gasteiger partial charge in [0.05, 0.1) is 21.9 Å². The lowest BCUT2D eigenvalue weighted by Crippen LogP contribution is -2.47. The third kappa shape index (κ3) is 6.30. The van der Waals surface area contributed by atoms with Gasteiger partial charge in [-0.1, -0.05) is 31.5 Å². The lowest BCUT2D eigenvalue weighted by molar-refractivity contribution is -0.130. The van der Waals surface area contributed by atoms with E-state index in [0.29, 0.717) is 53.1 Å². The maximum absolute atomic E-state index is 13.3. The molecule has 2 saturated heterocycles. The molecule has 0 aliphatic carbocycles. The number of nitrogens with zero attached hydrogens (tertiary/aromatic N) is 5. The van der Waals surface area contributed by atoms with Crippen LogP contribution in [-0.4, -0.2) is 68.5 Å². The van der Waals surface area contributed by atoms with E-state index < -0.39 is 0 Å². The first-order valence-electron chi connectivity index (χ1n) is 13.6. The molecule has 4 heterocycles. The molecule has 2 aliphatic heterocycles. The van der Waals surface area contributed by atoms with E-state index >= 15 is 0 Å². The van der Waals surface area contributed by atoms with Crippen LogP contribution in [0.4, 0.5) is 11.6 Å². The second kappa shape index (κ2) is 12.9. The fourth-order valence-corrected chi connectivity index (χ4v) is 5.39. The largest absolute Gasteiger partial charge is 0.349 e. The minimum absolute atomic E-state index is 0.0561.